The molecule has 7 nitrogen and oxygen atoms in total. The summed E-state index contributed by atoms with van der Waals surface area (Å²) in [4.78, 5) is 0.0976. The van der Waals surface area contributed by atoms with Crippen LogP contribution in [-0.4, -0.2) is 29.7 Å². The van der Waals surface area contributed by atoms with Gasteiger partial charge in [0.15, 0.2) is 11.5 Å². The molecule has 0 unspecified atom stereocenters. The highest BCUT2D eigenvalue weighted by molar-refractivity contribution is 7.92. The van der Waals surface area contributed by atoms with Gasteiger partial charge in [0.25, 0.3) is 10.0 Å². The minimum Gasteiger partial charge on any atom is -0.493 e. The van der Waals surface area contributed by atoms with Crippen LogP contribution in [-0.2, 0) is 10.0 Å². The Bertz CT molecular complexity index is 763. The number of benzene rings is 2. The average Bonchev–Trinajstić information content (AvgIpc) is 2.53. The van der Waals surface area contributed by atoms with E-state index in [0.717, 1.165) is 0 Å². The Balaban J connectivity index is 2.41. The van der Waals surface area contributed by atoms with Crippen LogP contribution in [0.4, 0.5) is 11.4 Å². The summed E-state index contributed by atoms with van der Waals surface area (Å²) in [6.07, 6.45) is 0. The second-order valence-corrected chi connectivity index (χ2v) is 6.27. The molecule has 0 atom stereocenters. The smallest absolute Gasteiger partial charge is 0.261 e. The van der Waals surface area contributed by atoms with Crippen molar-refractivity contribution in [1.82, 2.24) is 0 Å². The Labute approximate surface area is 135 Å². The monoisotopic (exact) mass is 338 g/mol. The topological polar surface area (TPSA) is 99.9 Å². The van der Waals surface area contributed by atoms with Gasteiger partial charge in [0.1, 0.15) is 0 Å². The predicted molar refractivity (Wildman–Crippen MR) is 87.8 cm³/mol. The van der Waals surface area contributed by atoms with Crippen LogP contribution >= 0.6 is 0 Å². The van der Waals surface area contributed by atoms with Crippen LogP contribution in [0.2, 0.25) is 0 Å². The maximum atomic E-state index is 12.4. The number of ether oxygens (including phenoxy) is 3. The number of anilines is 2. The molecule has 2 aromatic rings. The van der Waals surface area contributed by atoms with Crippen LogP contribution in [0.15, 0.2) is 41.3 Å². The number of nitrogens with two attached hydrogens (primary N) is 1. The number of nitrogens with one attached hydrogen (secondary N) is 1. The molecule has 0 spiro atoms. The number of rotatable bonds is 6. The minimum absolute atomic E-state index is 0.0976. The molecule has 23 heavy (non-hydrogen) atoms. The van der Waals surface area contributed by atoms with E-state index in [9.17, 15) is 8.42 Å². The lowest BCUT2D eigenvalue weighted by atomic mass is 10.2. The molecule has 3 N–H and O–H groups in total. The number of hydrogen-bond acceptors (Lipinski definition) is 6. The first-order valence-corrected chi connectivity index (χ1v) is 8.08. The molecule has 0 aliphatic rings. The van der Waals surface area contributed by atoms with E-state index < -0.39 is 10.0 Å². The van der Waals surface area contributed by atoms with Gasteiger partial charge in [0.05, 0.1) is 31.9 Å². The third-order valence-corrected chi connectivity index (χ3v) is 4.50. The number of hydrogen-bond donors (Lipinski definition) is 2. The molecule has 0 aliphatic heterocycles. The van der Waals surface area contributed by atoms with Crippen LogP contribution in [0, 0.1) is 0 Å². The zero-order valence-corrected chi connectivity index (χ0v) is 13.8. The fourth-order valence-corrected chi connectivity index (χ4v) is 3.04. The molecule has 0 aliphatic carbocycles. The lowest BCUT2D eigenvalue weighted by molar-refractivity contribution is 0.325. The predicted octanol–water partition coefficient (Wildman–Crippen LogP) is 2.10. The van der Waals surface area contributed by atoms with Gasteiger partial charge in [-0.1, -0.05) is 0 Å². The Morgan fingerprint density at radius 3 is 1.87 bits per heavy atom. The third-order valence-electron chi connectivity index (χ3n) is 3.11. The Morgan fingerprint density at radius 2 is 1.43 bits per heavy atom. The molecule has 0 heterocycles. The highest BCUT2D eigenvalue weighted by Crippen LogP contribution is 2.40. The van der Waals surface area contributed by atoms with E-state index in [2.05, 4.69) is 4.72 Å². The molecule has 0 saturated carbocycles. The van der Waals surface area contributed by atoms with Gasteiger partial charge in [-0.15, -0.1) is 0 Å². The standard InChI is InChI=1S/C15H18N2O5S/c1-20-13-8-11(9-14(21-2)15(13)22-3)17-23(18,19)12-6-4-10(16)5-7-12/h4-9,17H,16H2,1-3H3. The molecule has 0 saturated heterocycles. The van der Waals surface area contributed by atoms with Gasteiger partial charge in [0, 0.05) is 17.8 Å². The molecule has 124 valence electrons. The van der Waals surface area contributed by atoms with E-state index in [1.54, 1.807) is 0 Å². The third kappa shape index (κ3) is 3.59. The van der Waals surface area contributed by atoms with Gasteiger partial charge in [-0.2, -0.15) is 0 Å². The van der Waals surface area contributed by atoms with E-state index in [0.29, 0.717) is 22.9 Å². The number of methoxy groups -OCH3 is 3. The lowest BCUT2D eigenvalue weighted by Crippen LogP contribution is -2.13. The van der Waals surface area contributed by atoms with Crippen molar-refractivity contribution in [3.63, 3.8) is 0 Å². The second-order valence-electron chi connectivity index (χ2n) is 4.59. The highest BCUT2D eigenvalue weighted by atomic mass is 32.2. The first-order valence-electron chi connectivity index (χ1n) is 6.59. The average molecular weight is 338 g/mol. The van der Waals surface area contributed by atoms with Crippen molar-refractivity contribution in [3.8, 4) is 17.2 Å². The van der Waals surface area contributed by atoms with Crippen molar-refractivity contribution in [1.29, 1.82) is 0 Å². The van der Waals surface area contributed by atoms with Crippen LogP contribution < -0.4 is 24.7 Å². The van der Waals surface area contributed by atoms with Crippen LogP contribution in [0.1, 0.15) is 0 Å². The van der Waals surface area contributed by atoms with Crippen molar-refractivity contribution in [3.05, 3.63) is 36.4 Å². The van der Waals surface area contributed by atoms with Gasteiger partial charge in [-0.3, -0.25) is 4.72 Å². The summed E-state index contributed by atoms with van der Waals surface area (Å²) < 4.78 is 42.9. The first kappa shape index (κ1) is 16.8. The maximum Gasteiger partial charge on any atom is 0.261 e. The van der Waals surface area contributed by atoms with Crippen molar-refractivity contribution < 1.29 is 22.6 Å². The molecule has 0 aromatic heterocycles. The van der Waals surface area contributed by atoms with Crippen LogP contribution in [0.25, 0.3) is 0 Å². The van der Waals surface area contributed by atoms with Gasteiger partial charge >= 0.3 is 0 Å². The molecule has 2 aromatic carbocycles. The van der Waals surface area contributed by atoms with Crippen molar-refractivity contribution in [2.75, 3.05) is 31.8 Å². The molecule has 0 amide bonds. The van der Waals surface area contributed by atoms with Gasteiger partial charge in [-0.25, -0.2) is 8.42 Å². The molecule has 0 fully saturated rings. The summed E-state index contributed by atoms with van der Waals surface area (Å²) >= 11 is 0. The van der Waals surface area contributed by atoms with E-state index in [1.807, 2.05) is 0 Å². The van der Waals surface area contributed by atoms with Gasteiger partial charge in [-0.05, 0) is 24.3 Å². The van der Waals surface area contributed by atoms with E-state index in [4.69, 9.17) is 19.9 Å². The summed E-state index contributed by atoms with van der Waals surface area (Å²) in [6.45, 7) is 0. The first-order chi connectivity index (χ1) is 10.9. The molecular weight excluding hydrogens is 320 g/mol. The minimum atomic E-state index is -3.76. The second kappa shape index (κ2) is 6.66. The normalized spacial score (nSPS) is 10.9. The van der Waals surface area contributed by atoms with E-state index in [-0.39, 0.29) is 10.6 Å². The summed E-state index contributed by atoms with van der Waals surface area (Å²) in [7, 11) is 0.622. The van der Waals surface area contributed by atoms with E-state index >= 15 is 0 Å². The van der Waals surface area contributed by atoms with Crippen molar-refractivity contribution in [2.24, 2.45) is 0 Å². The van der Waals surface area contributed by atoms with Crippen molar-refractivity contribution >= 4 is 21.4 Å². The summed E-state index contributed by atoms with van der Waals surface area (Å²) in [6, 6.07) is 8.91. The summed E-state index contributed by atoms with van der Waals surface area (Å²) in [5.41, 5.74) is 6.34. The SMILES string of the molecule is COc1cc(NS(=O)(=O)c2ccc(N)cc2)cc(OC)c1OC. The largest absolute Gasteiger partial charge is 0.493 e. The van der Waals surface area contributed by atoms with Crippen LogP contribution in [0.3, 0.4) is 0 Å². The molecule has 0 bridgehead atoms. The Kier molecular flexibility index (Phi) is 4.85. The molecule has 2 rings (SSSR count). The highest BCUT2D eigenvalue weighted by Gasteiger charge is 2.18. The zero-order chi connectivity index (χ0) is 17.0. The molecular formula is C15H18N2O5S. The number of nitrogen functional groups attached to an aromatic ring is 1. The fourth-order valence-electron chi connectivity index (χ4n) is 2.00. The van der Waals surface area contributed by atoms with Crippen molar-refractivity contribution in [2.45, 2.75) is 4.90 Å². The Morgan fingerprint density at radius 1 is 0.913 bits per heavy atom. The molecule has 8 heteroatoms. The molecule has 0 radical (unpaired) electrons. The summed E-state index contributed by atoms with van der Waals surface area (Å²) in [5, 5.41) is 0. The lowest BCUT2D eigenvalue weighted by Gasteiger charge is -2.15. The fraction of sp³-hybridized carbons (Fsp3) is 0.200. The quantitative estimate of drug-likeness (QED) is 0.782. The van der Waals surface area contributed by atoms with Gasteiger partial charge < -0.3 is 19.9 Å². The van der Waals surface area contributed by atoms with Crippen LogP contribution in [0.5, 0.6) is 17.2 Å². The van der Waals surface area contributed by atoms with Gasteiger partial charge in [0.2, 0.25) is 5.75 Å². The number of sulfonamides is 1. The summed E-state index contributed by atoms with van der Waals surface area (Å²) in [5.74, 6) is 1.08. The van der Waals surface area contributed by atoms with E-state index in [1.165, 1.54) is 57.7 Å². The Hall–Kier alpha value is -2.61. The zero-order valence-electron chi connectivity index (χ0n) is 13.0. The maximum absolute atomic E-state index is 12.4.